The van der Waals surface area contributed by atoms with Crippen molar-refractivity contribution in [2.24, 2.45) is 5.73 Å². The number of hydrogen-bond donors (Lipinski definition) is 5. The van der Waals surface area contributed by atoms with E-state index in [1.54, 1.807) is 12.1 Å². The van der Waals surface area contributed by atoms with Gasteiger partial charge in [0.2, 0.25) is 0 Å². The molecule has 0 aliphatic carbocycles. The maximum atomic E-state index is 13.0. The number of rotatable bonds is 6. The summed E-state index contributed by atoms with van der Waals surface area (Å²) in [7, 11) is 0. The molecule has 0 saturated carbocycles. The van der Waals surface area contributed by atoms with Crippen LogP contribution in [-0.2, 0) is 16.0 Å². The van der Waals surface area contributed by atoms with Crippen LogP contribution in [0, 0.1) is 5.41 Å². The second-order valence-corrected chi connectivity index (χ2v) is 7.33. The van der Waals surface area contributed by atoms with Gasteiger partial charge >= 0.3 is 17.9 Å². The molecule has 1 aliphatic rings. The molecule has 2 aromatic rings. The molecule has 0 aromatic heterocycles. The predicted octanol–water partition coefficient (Wildman–Crippen LogP) is 1.15. The third-order valence-corrected chi connectivity index (χ3v) is 4.79. The largest absolute Gasteiger partial charge is 0.489 e. The summed E-state index contributed by atoms with van der Waals surface area (Å²) in [6.45, 7) is -1.55. The molecule has 3 rings (SSSR count). The lowest BCUT2D eigenvalue weighted by atomic mass is 10.0. The second kappa shape index (κ2) is 10.3. The van der Waals surface area contributed by atoms with Gasteiger partial charge in [0.15, 0.2) is 17.5 Å². The Hall–Kier alpha value is -4.61. The average molecular weight is 470 g/mol. The van der Waals surface area contributed by atoms with Crippen molar-refractivity contribution in [1.29, 1.82) is 5.41 Å². The van der Waals surface area contributed by atoms with E-state index in [1.165, 1.54) is 24.3 Å². The Balaban J connectivity index is 1.97. The summed E-state index contributed by atoms with van der Waals surface area (Å²) < 4.78 is 11.2. The average Bonchev–Trinajstić information content (AvgIpc) is 2.75. The van der Waals surface area contributed by atoms with Crippen LogP contribution in [0.25, 0.3) is 0 Å². The minimum atomic E-state index is -1.38. The first-order valence-electron chi connectivity index (χ1n) is 10.1. The highest BCUT2D eigenvalue weighted by Gasteiger charge is 2.27. The van der Waals surface area contributed by atoms with Gasteiger partial charge in [0.05, 0.1) is 17.7 Å². The van der Waals surface area contributed by atoms with Crippen molar-refractivity contribution in [1.82, 2.24) is 4.90 Å². The summed E-state index contributed by atoms with van der Waals surface area (Å²) in [4.78, 5) is 48.8. The van der Waals surface area contributed by atoms with E-state index in [9.17, 15) is 19.2 Å². The molecule has 1 heterocycles. The molecule has 2 aromatic carbocycles. The molecule has 0 saturated heterocycles. The Bertz CT molecular complexity index is 1150. The van der Waals surface area contributed by atoms with Gasteiger partial charge in [-0.15, -0.1) is 0 Å². The summed E-state index contributed by atoms with van der Waals surface area (Å²) in [6.07, 6.45) is 0.854. The van der Waals surface area contributed by atoms with E-state index in [1.807, 2.05) is 0 Å². The number of carbonyl (C=O) groups is 4. The molecule has 0 radical (unpaired) electrons. The molecule has 178 valence electrons. The van der Waals surface area contributed by atoms with E-state index in [-0.39, 0.29) is 35.2 Å². The summed E-state index contributed by atoms with van der Waals surface area (Å²) >= 11 is 0. The topological polar surface area (TPSA) is 192 Å². The Kier molecular flexibility index (Phi) is 7.31. The molecule has 0 unspecified atom stereocenters. The third kappa shape index (κ3) is 5.79. The zero-order chi connectivity index (χ0) is 24.8. The molecule has 6 N–H and O–H groups in total. The van der Waals surface area contributed by atoms with Crippen LogP contribution in [0.4, 0.5) is 5.69 Å². The second-order valence-electron chi connectivity index (χ2n) is 7.33. The zero-order valence-electron chi connectivity index (χ0n) is 17.9. The highest BCUT2D eigenvalue weighted by molar-refractivity contribution is 6.01. The number of guanidine groups is 1. The smallest absolute Gasteiger partial charge is 0.343 e. The molecule has 0 spiro atoms. The maximum absolute atomic E-state index is 13.0. The Labute approximate surface area is 193 Å². The number of aliphatic carboxylic acids is 2. The number of carboxylic acids is 2. The van der Waals surface area contributed by atoms with Crippen LogP contribution in [0.5, 0.6) is 11.5 Å². The summed E-state index contributed by atoms with van der Waals surface area (Å²) in [5.74, 6) is -4.78. The lowest BCUT2D eigenvalue weighted by Crippen LogP contribution is -2.39. The van der Waals surface area contributed by atoms with Gasteiger partial charge in [-0.05, 0) is 48.7 Å². The number of amides is 1. The monoisotopic (exact) mass is 470 g/mol. The number of hydrogen-bond acceptors (Lipinski definition) is 7. The van der Waals surface area contributed by atoms with Crippen molar-refractivity contribution in [3.63, 3.8) is 0 Å². The number of anilines is 1. The minimum absolute atomic E-state index is 0.0692. The van der Waals surface area contributed by atoms with Crippen LogP contribution < -0.4 is 20.5 Å². The molecular weight excluding hydrogens is 448 g/mol. The molecule has 12 nitrogen and oxygen atoms in total. The van der Waals surface area contributed by atoms with Crippen LogP contribution in [0.3, 0.4) is 0 Å². The molecule has 0 atom stereocenters. The number of fused-ring (bicyclic) bond motifs is 2. The SMILES string of the molecule is N=C(N)Nc1ccc2c(c1)CCCOc1c(cccc1C(=O)N(CC(=O)O)CC(=O)O)OC2=O. The number of esters is 1. The van der Waals surface area contributed by atoms with Gasteiger partial charge < -0.3 is 35.6 Å². The van der Waals surface area contributed by atoms with Gasteiger partial charge in [-0.2, -0.15) is 0 Å². The maximum Gasteiger partial charge on any atom is 0.343 e. The first kappa shape index (κ1) is 24.0. The van der Waals surface area contributed by atoms with E-state index in [2.05, 4.69) is 5.32 Å². The van der Waals surface area contributed by atoms with Gasteiger partial charge in [0.25, 0.3) is 5.91 Å². The Morgan fingerprint density at radius 3 is 2.47 bits per heavy atom. The fraction of sp³-hybridized carbons (Fsp3) is 0.227. The van der Waals surface area contributed by atoms with Crippen molar-refractivity contribution < 1.29 is 38.9 Å². The van der Waals surface area contributed by atoms with E-state index in [4.69, 9.17) is 30.8 Å². The first-order valence-corrected chi connectivity index (χ1v) is 10.1. The molecule has 1 aliphatic heterocycles. The minimum Gasteiger partial charge on any atom is -0.489 e. The number of para-hydroxylation sites is 1. The Morgan fingerprint density at radius 2 is 1.82 bits per heavy atom. The molecule has 1 amide bonds. The van der Waals surface area contributed by atoms with E-state index >= 15 is 0 Å². The third-order valence-electron chi connectivity index (χ3n) is 4.79. The normalized spacial score (nSPS) is 12.8. The Morgan fingerprint density at radius 1 is 1.12 bits per heavy atom. The van der Waals surface area contributed by atoms with Crippen molar-refractivity contribution in [2.45, 2.75) is 12.8 Å². The van der Waals surface area contributed by atoms with Gasteiger partial charge in [-0.1, -0.05) is 6.07 Å². The number of nitrogens with zero attached hydrogens (tertiary/aromatic N) is 1. The molecule has 0 bridgehead atoms. The number of carboxylic acid groups (broad SMARTS) is 2. The standard InChI is InChI=1S/C22H22N4O8/c23-22(24)25-13-6-7-14-12(9-13)3-2-8-33-19-15(4-1-5-16(19)34-21(14)32)20(31)26(10-17(27)28)11-18(29)30/h1,4-7,9H,2-3,8,10-11H2,(H,27,28)(H,29,30)(H4,23,24,25). The van der Waals surface area contributed by atoms with Gasteiger partial charge in [-0.25, -0.2) is 4.79 Å². The summed E-state index contributed by atoms with van der Waals surface area (Å²) in [5, 5.41) is 28.1. The van der Waals surface area contributed by atoms with Gasteiger partial charge in [-0.3, -0.25) is 19.8 Å². The number of carbonyl (C=O) groups excluding carboxylic acids is 2. The van der Waals surface area contributed by atoms with E-state index in [0.29, 0.717) is 29.0 Å². The van der Waals surface area contributed by atoms with Crippen LogP contribution in [0.2, 0.25) is 0 Å². The lowest BCUT2D eigenvalue weighted by molar-refractivity contribution is -0.140. The molecule has 34 heavy (non-hydrogen) atoms. The highest BCUT2D eigenvalue weighted by Crippen LogP contribution is 2.34. The number of nitrogens with two attached hydrogens (primary N) is 1. The fourth-order valence-corrected chi connectivity index (χ4v) is 3.43. The van der Waals surface area contributed by atoms with E-state index < -0.39 is 36.9 Å². The quantitative estimate of drug-likeness (QED) is 0.177. The van der Waals surface area contributed by atoms with Gasteiger partial charge in [0.1, 0.15) is 13.1 Å². The lowest BCUT2D eigenvalue weighted by Gasteiger charge is -2.22. The van der Waals surface area contributed by atoms with Crippen LogP contribution in [0.1, 0.15) is 32.7 Å². The van der Waals surface area contributed by atoms with Crippen molar-refractivity contribution in [3.8, 4) is 11.5 Å². The number of ether oxygens (including phenoxy) is 2. The zero-order valence-corrected chi connectivity index (χ0v) is 17.9. The molecule has 0 fully saturated rings. The molecular formula is C22H22N4O8. The number of nitrogens with one attached hydrogen (secondary N) is 2. The van der Waals surface area contributed by atoms with E-state index in [0.717, 1.165) is 0 Å². The number of benzene rings is 2. The predicted molar refractivity (Wildman–Crippen MR) is 118 cm³/mol. The van der Waals surface area contributed by atoms with Crippen molar-refractivity contribution in [2.75, 3.05) is 25.0 Å². The molecule has 12 heteroatoms. The highest BCUT2D eigenvalue weighted by atomic mass is 16.6. The van der Waals surface area contributed by atoms with Crippen LogP contribution >= 0.6 is 0 Å². The first-order chi connectivity index (χ1) is 16.2. The summed E-state index contributed by atoms with van der Waals surface area (Å²) in [5.41, 5.74) is 6.68. The van der Waals surface area contributed by atoms with Crippen molar-refractivity contribution in [3.05, 3.63) is 53.1 Å². The van der Waals surface area contributed by atoms with Crippen LogP contribution in [-0.4, -0.2) is 64.6 Å². The van der Waals surface area contributed by atoms with Crippen LogP contribution in [0.15, 0.2) is 36.4 Å². The summed E-state index contributed by atoms with van der Waals surface area (Å²) in [6, 6.07) is 8.94. The van der Waals surface area contributed by atoms with Gasteiger partial charge in [0, 0.05) is 5.69 Å². The fourth-order valence-electron chi connectivity index (χ4n) is 3.43. The van der Waals surface area contributed by atoms with Crippen molar-refractivity contribution >= 4 is 35.5 Å². The number of aryl methyl sites for hydroxylation is 1.